The van der Waals surface area contributed by atoms with Crippen LogP contribution in [0, 0.1) is 13.8 Å². The molecule has 0 amide bonds. The number of carbonyl (C=O) groups is 1. The van der Waals surface area contributed by atoms with Crippen LogP contribution < -0.4 is 0 Å². The SMILES string of the molecule is Cc1ccc(C(=O)CSc2nnc(-c3ccoc3)c(-c3ccoc3)n2)cc1C. The zero-order valence-corrected chi connectivity index (χ0v) is 16.2. The number of aromatic nitrogens is 3. The molecule has 4 rings (SSSR count). The highest BCUT2D eigenvalue weighted by atomic mass is 32.2. The van der Waals surface area contributed by atoms with E-state index in [9.17, 15) is 4.79 Å². The van der Waals surface area contributed by atoms with E-state index in [-0.39, 0.29) is 11.5 Å². The van der Waals surface area contributed by atoms with Crippen molar-refractivity contribution in [1.82, 2.24) is 15.2 Å². The van der Waals surface area contributed by atoms with E-state index in [2.05, 4.69) is 15.2 Å². The zero-order chi connectivity index (χ0) is 19.5. The Morgan fingerprint density at radius 3 is 2.29 bits per heavy atom. The van der Waals surface area contributed by atoms with Crippen molar-refractivity contribution in [3.8, 4) is 22.5 Å². The first-order valence-electron chi connectivity index (χ1n) is 8.65. The van der Waals surface area contributed by atoms with Crippen LogP contribution in [0.1, 0.15) is 21.5 Å². The van der Waals surface area contributed by atoms with Gasteiger partial charge in [-0.25, -0.2) is 4.98 Å². The highest BCUT2D eigenvalue weighted by molar-refractivity contribution is 7.99. The van der Waals surface area contributed by atoms with E-state index in [1.807, 2.05) is 38.1 Å². The molecule has 0 aliphatic rings. The van der Waals surface area contributed by atoms with Gasteiger partial charge in [-0.05, 0) is 43.2 Å². The molecule has 0 aliphatic heterocycles. The first-order valence-corrected chi connectivity index (χ1v) is 9.63. The Kier molecular flexibility index (Phi) is 5.08. The van der Waals surface area contributed by atoms with E-state index in [1.54, 1.807) is 31.1 Å². The number of ketones is 1. The summed E-state index contributed by atoms with van der Waals surface area (Å²) in [5.74, 6) is 0.264. The molecule has 0 aliphatic carbocycles. The molecule has 0 bridgehead atoms. The molecule has 6 nitrogen and oxygen atoms in total. The summed E-state index contributed by atoms with van der Waals surface area (Å²) in [5.41, 5.74) is 5.74. The largest absolute Gasteiger partial charge is 0.472 e. The van der Waals surface area contributed by atoms with Crippen molar-refractivity contribution >= 4 is 17.5 Å². The molecule has 0 atom stereocenters. The first-order chi connectivity index (χ1) is 13.6. The number of hydrogen-bond acceptors (Lipinski definition) is 7. The Balaban J connectivity index is 1.58. The minimum Gasteiger partial charge on any atom is -0.472 e. The van der Waals surface area contributed by atoms with Crippen LogP contribution in [0.2, 0.25) is 0 Å². The summed E-state index contributed by atoms with van der Waals surface area (Å²) in [6, 6.07) is 9.33. The Labute approximate surface area is 166 Å². The maximum Gasteiger partial charge on any atom is 0.210 e. The van der Waals surface area contributed by atoms with Crippen molar-refractivity contribution in [3.63, 3.8) is 0 Å². The lowest BCUT2D eigenvalue weighted by Crippen LogP contribution is -2.05. The van der Waals surface area contributed by atoms with E-state index >= 15 is 0 Å². The van der Waals surface area contributed by atoms with Crippen LogP contribution in [0.3, 0.4) is 0 Å². The van der Waals surface area contributed by atoms with Gasteiger partial charge in [0.1, 0.15) is 11.4 Å². The van der Waals surface area contributed by atoms with Gasteiger partial charge >= 0.3 is 0 Å². The van der Waals surface area contributed by atoms with Crippen LogP contribution in [-0.4, -0.2) is 26.7 Å². The Morgan fingerprint density at radius 1 is 0.929 bits per heavy atom. The van der Waals surface area contributed by atoms with Crippen LogP contribution >= 0.6 is 11.8 Å². The van der Waals surface area contributed by atoms with Crippen molar-refractivity contribution in [2.24, 2.45) is 0 Å². The molecular weight excluding hydrogens is 374 g/mol. The molecule has 140 valence electrons. The molecule has 0 spiro atoms. The van der Waals surface area contributed by atoms with Gasteiger partial charge in [0, 0.05) is 16.7 Å². The third-order valence-electron chi connectivity index (χ3n) is 4.42. The fraction of sp³-hybridized carbons (Fsp3) is 0.143. The lowest BCUT2D eigenvalue weighted by molar-refractivity contribution is 0.102. The van der Waals surface area contributed by atoms with E-state index in [0.717, 1.165) is 22.3 Å². The number of Topliss-reactive ketones (excluding diaryl/α,β-unsaturated/α-hetero) is 1. The third kappa shape index (κ3) is 3.75. The highest BCUT2D eigenvalue weighted by Crippen LogP contribution is 2.30. The van der Waals surface area contributed by atoms with Crippen LogP contribution in [-0.2, 0) is 0 Å². The molecular formula is C21H17N3O3S. The van der Waals surface area contributed by atoms with Gasteiger partial charge in [0.25, 0.3) is 0 Å². The van der Waals surface area contributed by atoms with E-state index < -0.39 is 0 Å². The van der Waals surface area contributed by atoms with Crippen molar-refractivity contribution < 1.29 is 13.6 Å². The molecule has 0 saturated heterocycles. The topological polar surface area (TPSA) is 82.0 Å². The van der Waals surface area contributed by atoms with Crippen LogP contribution in [0.4, 0.5) is 0 Å². The average molecular weight is 391 g/mol. The van der Waals surface area contributed by atoms with Gasteiger partial charge in [-0.2, -0.15) is 0 Å². The molecule has 3 aromatic heterocycles. The minimum atomic E-state index is 0.0282. The second-order valence-corrected chi connectivity index (χ2v) is 7.27. The summed E-state index contributed by atoms with van der Waals surface area (Å²) < 4.78 is 10.3. The molecule has 1 aromatic carbocycles. The molecule has 0 radical (unpaired) electrons. The second-order valence-electron chi connectivity index (χ2n) is 6.33. The van der Waals surface area contributed by atoms with Crippen LogP contribution in [0.25, 0.3) is 22.5 Å². The van der Waals surface area contributed by atoms with Crippen molar-refractivity contribution in [2.45, 2.75) is 19.0 Å². The zero-order valence-electron chi connectivity index (χ0n) is 15.4. The maximum absolute atomic E-state index is 12.5. The summed E-state index contributed by atoms with van der Waals surface area (Å²) in [6.07, 6.45) is 6.33. The molecule has 4 aromatic rings. The Bertz CT molecular complexity index is 1110. The summed E-state index contributed by atoms with van der Waals surface area (Å²) in [6.45, 7) is 4.02. The predicted octanol–water partition coefficient (Wildman–Crippen LogP) is 4.98. The van der Waals surface area contributed by atoms with Gasteiger partial charge in [-0.1, -0.05) is 23.9 Å². The van der Waals surface area contributed by atoms with Gasteiger partial charge in [-0.15, -0.1) is 10.2 Å². The summed E-state index contributed by atoms with van der Waals surface area (Å²) in [4.78, 5) is 17.1. The van der Waals surface area contributed by atoms with E-state index in [1.165, 1.54) is 11.8 Å². The predicted molar refractivity (Wildman–Crippen MR) is 106 cm³/mol. The lowest BCUT2D eigenvalue weighted by Gasteiger charge is -2.07. The molecule has 0 saturated carbocycles. The molecule has 28 heavy (non-hydrogen) atoms. The van der Waals surface area contributed by atoms with Gasteiger partial charge in [0.05, 0.1) is 30.8 Å². The fourth-order valence-corrected chi connectivity index (χ4v) is 3.38. The number of benzene rings is 1. The maximum atomic E-state index is 12.5. The quantitative estimate of drug-likeness (QED) is 0.338. The number of furan rings is 2. The van der Waals surface area contributed by atoms with Crippen molar-refractivity contribution in [3.05, 3.63) is 72.1 Å². The van der Waals surface area contributed by atoms with Gasteiger partial charge in [0.15, 0.2) is 5.78 Å². The highest BCUT2D eigenvalue weighted by Gasteiger charge is 2.17. The number of thioether (sulfide) groups is 1. The minimum absolute atomic E-state index is 0.0282. The summed E-state index contributed by atoms with van der Waals surface area (Å²) >= 11 is 1.26. The van der Waals surface area contributed by atoms with E-state index in [4.69, 9.17) is 8.83 Å². The monoisotopic (exact) mass is 391 g/mol. The number of aryl methyl sites for hydroxylation is 2. The number of nitrogens with zero attached hydrogens (tertiary/aromatic N) is 3. The average Bonchev–Trinajstić information content (AvgIpc) is 3.42. The Hall–Kier alpha value is -3.19. The molecule has 7 heteroatoms. The summed E-state index contributed by atoms with van der Waals surface area (Å²) in [7, 11) is 0. The second kappa shape index (κ2) is 7.82. The van der Waals surface area contributed by atoms with Gasteiger partial charge < -0.3 is 8.83 Å². The third-order valence-corrected chi connectivity index (χ3v) is 5.26. The van der Waals surface area contributed by atoms with Crippen molar-refractivity contribution in [1.29, 1.82) is 0 Å². The molecule has 3 heterocycles. The number of rotatable bonds is 6. The standard InChI is InChI=1S/C21H17N3O3S/c1-13-3-4-15(9-14(13)2)18(25)12-28-21-22-19(16-5-7-26-10-16)20(23-24-21)17-6-8-27-11-17/h3-11H,12H2,1-2H3. The van der Waals surface area contributed by atoms with Crippen molar-refractivity contribution in [2.75, 3.05) is 5.75 Å². The number of hydrogen-bond donors (Lipinski definition) is 0. The summed E-state index contributed by atoms with van der Waals surface area (Å²) in [5, 5.41) is 8.92. The fourth-order valence-electron chi connectivity index (χ4n) is 2.69. The molecule has 0 unspecified atom stereocenters. The van der Waals surface area contributed by atoms with Crippen LogP contribution in [0.15, 0.2) is 69.4 Å². The van der Waals surface area contributed by atoms with Gasteiger partial charge in [-0.3, -0.25) is 4.79 Å². The van der Waals surface area contributed by atoms with Gasteiger partial charge in [0.2, 0.25) is 5.16 Å². The lowest BCUT2D eigenvalue weighted by atomic mass is 10.0. The normalized spacial score (nSPS) is 10.9. The molecule has 0 fully saturated rings. The van der Waals surface area contributed by atoms with Crippen LogP contribution in [0.5, 0.6) is 0 Å². The van der Waals surface area contributed by atoms with E-state index in [0.29, 0.717) is 22.1 Å². The molecule has 0 N–H and O–H groups in total. The first kappa shape index (κ1) is 18.2. The Morgan fingerprint density at radius 2 is 1.64 bits per heavy atom. The number of carbonyl (C=O) groups excluding carboxylic acids is 1. The smallest absolute Gasteiger partial charge is 0.210 e.